The van der Waals surface area contributed by atoms with E-state index in [2.05, 4.69) is 9.71 Å². The van der Waals surface area contributed by atoms with Crippen LogP contribution in [0, 0.1) is 11.3 Å². The molecule has 0 fully saturated rings. The maximum atomic E-state index is 12.4. The molecular formula is C16H10ClN3O2S2. The van der Waals surface area contributed by atoms with Crippen LogP contribution in [0.3, 0.4) is 0 Å². The number of rotatable bonds is 4. The Labute approximate surface area is 148 Å². The third-order valence-electron chi connectivity index (χ3n) is 3.14. The minimum atomic E-state index is -3.80. The Hall–Kier alpha value is -2.40. The quantitative estimate of drug-likeness (QED) is 0.742. The summed E-state index contributed by atoms with van der Waals surface area (Å²) in [7, 11) is -3.80. The molecule has 8 heteroatoms. The number of thiazole rings is 1. The zero-order valence-electron chi connectivity index (χ0n) is 12.1. The summed E-state index contributed by atoms with van der Waals surface area (Å²) in [5, 5.41) is 11.5. The Kier molecular flexibility index (Phi) is 4.53. The highest BCUT2D eigenvalue weighted by Gasteiger charge is 2.17. The minimum Gasteiger partial charge on any atom is -0.255 e. The van der Waals surface area contributed by atoms with Crippen molar-refractivity contribution in [2.75, 3.05) is 4.72 Å². The molecule has 1 N–H and O–H groups in total. The molecule has 0 spiro atoms. The van der Waals surface area contributed by atoms with Gasteiger partial charge in [0.2, 0.25) is 0 Å². The number of benzene rings is 2. The molecule has 24 heavy (non-hydrogen) atoms. The summed E-state index contributed by atoms with van der Waals surface area (Å²) < 4.78 is 27.2. The maximum absolute atomic E-state index is 12.4. The fourth-order valence-electron chi connectivity index (χ4n) is 1.98. The molecule has 120 valence electrons. The summed E-state index contributed by atoms with van der Waals surface area (Å²) in [5.41, 5.74) is 1.77. The number of sulfonamides is 1. The van der Waals surface area contributed by atoms with E-state index in [1.165, 1.54) is 29.5 Å². The van der Waals surface area contributed by atoms with Gasteiger partial charge in [-0.2, -0.15) is 5.26 Å². The normalized spacial score (nSPS) is 11.0. The Morgan fingerprint density at radius 2 is 1.92 bits per heavy atom. The maximum Gasteiger partial charge on any atom is 0.263 e. The summed E-state index contributed by atoms with van der Waals surface area (Å²) >= 11 is 7.03. The van der Waals surface area contributed by atoms with Gasteiger partial charge in [-0.1, -0.05) is 29.8 Å². The van der Waals surface area contributed by atoms with Gasteiger partial charge in [-0.15, -0.1) is 11.3 Å². The van der Waals surface area contributed by atoms with Crippen LogP contribution in [0.4, 0.5) is 5.13 Å². The van der Waals surface area contributed by atoms with E-state index in [-0.39, 0.29) is 15.6 Å². The molecule has 0 atom stereocenters. The van der Waals surface area contributed by atoms with Gasteiger partial charge >= 0.3 is 0 Å². The largest absolute Gasteiger partial charge is 0.263 e. The van der Waals surface area contributed by atoms with Crippen molar-refractivity contribution in [3.63, 3.8) is 0 Å². The third kappa shape index (κ3) is 3.57. The summed E-state index contributed by atoms with van der Waals surface area (Å²) in [5.74, 6) is 0. The van der Waals surface area contributed by atoms with Crippen molar-refractivity contribution in [2.24, 2.45) is 0 Å². The van der Waals surface area contributed by atoms with Crippen LogP contribution in [0.5, 0.6) is 0 Å². The standard InChI is InChI=1S/C16H10ClN3O2S2/c17-13-6-4-12(5-7-13)15-10-23-16(19-15)20-24(21,22)14-3-1-2-11(8-14)9-18/h1-8,10H,(H,19,20). The molecule has 3 rings (SSSR count). The second-order valence-electron chi connectivity index (χ2n) is 4.79. The minimum absolute atomic E-state index is 0.0183. The van der Waals surface area contributed by atoms with Crippen LogP contribution in [0.25, 0.3) is 11.3 Å². The van der Waals surface area contributed by atoms with Crippen molar-refractivity contribution < 1.29 is 8.42 Å². The van der Waals surface area contributed by atoms with E-state index >= 15 is 0 Å². The average molecular weight is 376 g/mol. The number of anilines is 1. The topological polar surface area (TPSA) is 82.8 Å². The van der Waals surface area contributed by atoms with Crippen LogP contribution in [0.15, 0.2) is 58.8 Å². The van der Waals surface area contributed by atoms with Crippen LogP contribution in [-0.4, -0.2) is 13.4 Å². The molecule has 1 heterocycles. The molecule has 1 aromatic heterocycles. The van der Waals surface area contributed by atoms with Gasteiger partial charge in [0.25, 0.3) is 10.0 Å². The molecule has 0 aliphatic carbocycles. The van der Waals surface area contributed by atoms with Gasteiger partial charge in [0.05, 0.1) is 22.2 Å². The lowest BCUT2D eigenvalue weighted by Crippen LogP contribution is -2.12. The van der Waals surface area contributed by atoms with E-state index in [1.54, 1.807) is 23.6 Å². The van der Waals surface area contributed by atoms with E-state index in [1.807, 2.05) is 18.2 Å². The van der Waals surface area contributed by atoms with Gasteiger partial charge in [0.1, 0.15) is 0 Å². The fourth-order valence-corrected chi connectivity index (χ4v) is 4.12. The Morgan fingerprint density at radius 3 is 2.62 bits per heavy atom. The number of nitrogens with one attached hydrogen (secondary N) is 1. The fraction of sp³-hybridized carbons (Fsp3) is 0. The number of hydrogen-bond donors (Lipinski definition) is 1. The number of aromatic nitrogens is 1. The lowest BCUT2D eigenvalue weighted by Gasteiger charge is -2.05. The monoisotopic (exact) mass is 375 g/mol. The van der Waals surface area contributed by atoms with Crippen LogP contribution in [0.2, 0.25) is 5.02 Å². The molecular weight excluding hydrogens is 366 g/mol. The zero-order valence-corrected chi connectivity index (χ0v) is 14.5. The van der Waals surface area contributed by atoms with Gasteiger partial charge in [-0.25, -0.2) is 13.4 Å². The summed E-state index contributed by atoms with van der Waals surface area (Å²) in [6, 6.07) is 14.8. The van der Waals surface area contributed by atoms with Crippen LogP contribution >= 0.6 is 22.9 Å². The van der Waals surface area contributed by atoms with Crippen LogP contribution in [-0.2, 0) is 10.0 Å². The summed E-state index contributed by atoms with van der Waals surface area (Å²) in [4.78, 5) is 4.30. The summed E-state index contributed by atoms with van der Waals surface area (Å²) in [6.07, 6.45) is 0. The Balaban J connectivity index is 1.86. The average Bonchev–Trinajstić information content (AvgIpc) is 3.03. The molecule has 0 saturated heterocycles. The van der Waals surface area contributed by atoms with E-state index in [9.17, 15) is 8.42 Å². The van der Waals surface area contributed by atoms with E-state index in [0.29, 0.717) is 10.7 Å². The first-order valence-corrected chi connectivity index (χ1v) is 9.46. The van der Waals surface area contributed by atoms with Crippen molar-refractivity contribution in [2.45, 2.75) is 4.90 Å². The first-order valence-electron chi connectivity index (χ1n) is 6.72. The number of nitrogens with zero attached hydrogens (tertiary/aromatic N) is 2. The smallest absolute Gasteiger partial charge is 0.255 e. The van der Waals surface area contributed by atoms with E-state index < -0.39 is 10.0 Å². The Morgan fingerprint density at radius 1 is 1.17 bits per heavy atom. The molecule has 0 aliphatic heterocycles. The van der Waals surface area contributed by atoms with Crippen molar-refractivity contribution in [3.8, 4) is 17.3 Å². The van der Waals surface area contributed by atoms with Crippen molar-refractivity contribution in [1.29, 1.82) is 5.26 Å². The molecule has 0 unspecified atom stereocenters. The molecule has 3 aromatic rings. The molecule has 0 aliphatic rings. The lowest BCUT2D eigenvalue weighted by atomic mass is 10.2. The first kappa shape index (κ1) is 16.5. The number of halogens is 1. The second kappa shape index (κ2) is 6.61. The molecule has 0 bridgehead atoms. The van der Waals surface area contributed by atoms with Gasteiger partial charge in [-0.05, 0) is 30.3 Å². The molecule has 0 amide bonds. The molecule has 2 aromatic carbocycles. The van der Waals surface area contributed by atoms with Crippen molar-refractivity contribution in [3.05, 3.63) is 64.5 Å². The first-order chi connectivity index (χ1) is 11.5. The molecule has 0 radical (unpaired) electrons. The number of hydrogen-bond acceptors (Lipinski definition) is 5. The zero-order chi connectivity index (χ0) is 17.2. The van der Waals surface area contributed by atoms with Gasteiger partial charge < -0.3 is 0 Å². The summed E-state index contributed by atoms with van der Waals surface area (Å²) in [6.45, 7) is 0. The predicted molar refractivity (Wildman–Crippen MR) is 94.5 cm³/mol. The third-order valence-corrected chi connectivity index (χ3v) is 5.61. The highest BCUT2D eigenvalue weighted by atomic mass is 35.5. The molecule has 5 nitrogen and oxygen atoms in total. The molecule has 0 saturated carbocycles. The van der Waals surface area contributed by atoms with E-state index in [0.717, 1.165) is 5.56 Å². The SMILES string of the molecule is N#Cc1cccc(S(=O)(=O)Nc2nc(-c3ccc(Cl)cc3)cs2)c1. The van der Waals surface area contributed by atoms with Gasteiger partial charge in [0, 0.05) is 16.0 Å². The van der Waals surface area contributed by atoms with Crippen molar-refractivity contribution in [1.82, 2.24) is 4.98 Å². The highest BCUT2D eigenvalue weighted by molar-refractivity contribution is 7.93. The van der Waals surface area contributed by atoms with Gasteiger partial charge in [0.15, 0.2) is 5.13 Å². The van der Waals surface area contributed by atoms with Gasteiger partial charge in [-0.3, -0.25) is 4.72 Å². The Bertz CT molecular complexity index is 1020. The predicted octanol–water partition coefficient (Wildman–Crippen LogP) is 4.14. The second-order valence-corrected chi connectivity index (χ2v) is 7.77. The highest BCUT2D eigenvalue weighted by Crippen LogP contribution is 2.27. The van der Waals surface area contributed by atoms with E-state index in [4.69, 9.17) is 16.9 Å². The van der Waals surface area contributed by atoms with Crippen molar-refractivity contribution >= 4 is 38.1 Å². The lowest BCUT2D eigenvalue weighted by molar-refractivity contribution is 0.601. The number of nitriles is 1. The van der Waals surface area contributed by atoms with Crippen LogP contribution in [0.1, 0.15) is 5.56 Å². The van der Waals surface area contributed by atoms with Crippen LogP contribution < -0.4 is 4.72 Å².